The molecular formula is C27H24N2O5. The van der Waals surface area contributed by atoms with Gasteiger partial charge < -0.3 is 19.5 Å². The topological polar surface area (TPSA) is 77.1 Å². The fraction of sp³-hybridized carbons (Fsp3) is 0.185. The highest BCUT2D eigenvalue weighted by molar-refractivity contribution is 6.46. The van der Waals surface area contributed by atoms with Crippen molar-refractivity contribution in [3.05, 3.63) is 83.6 Å². The molecule has 0 radical (unpaired) electrons. The second-order valence-electron chi connectivity index (χ2n) is 8.37. The number of ether oxygens (including phenoxy) is 3. The van der Waals surface area contributed by atoms with E-state index in [4.69, 9.17) is 14.2 Å². The van der Waals surface area contributed by atoms with Gasteiger partial charge in [0, 0.05) is 11.8 Å². The van der Waals surface area contributed by atoms with Gasteiger partial charge in [0.25, 0.3) is 11.8 Å². The molecule has 2 aliphatic rings. The normalized spacial score (nSPS) is 14.9. The van der Waals surface area contributed by atoms with Crippen LogP contribution in [0.1, 0.15) is 25.0 Å². The number of anilines is 2. The molecular weight excluding hydrogens is 432 g/mol. The summed E-state index contributed by atoms with van der Waals surface area (Å²) in [4.78, 5) is 28.5. The zero-order chi connectivity index (χ0) is 23.8. The first-order chi connectivity index (χ1) is 16.4. The summed E-state index contributed by atoms with van der Waals surface area (Å²) in [7, 11) is 0. The van der Waals surface area contributed by atoms with Crippen LogP contribution in [-0.4, -0.2) is 24.7 Å². The number of hydrogen-bond acceptors (Lipinski definition) is 6. The van der Waals surface area contributed by atoms with E-state index in [1.165, 1.54) is 4.90 Å². The highest BCUT2D eigenvalue weighted by atomic mass is 16.7. The molecule has 2 aliphatic heterocycles. The number of carbonyl (C=O) groups excluding carboxylic acids is 2. The van der Waals surface area contributed by atoms with E-state index in [1.807, 2.05) is 39.0 Å². The zero-order valence-corrected chi connectivity index (χ0v) is 19.1. The number of nitrogens with zero attached hydrogens (tertiary/aromatic N) is 1. The molecule has 5 rings (SSSR count). The van der Waals surface area contributed by atoms with E-state index >= 15 is 0 Å². The summed E-state index contributed by atoms with van der Waals surface area (Å²) in [6.45, 7) is 5.92. The molecule has 0 bridgehead atoms. The third-order valence-electron chi connectivity index (χ3n) is 5.60. The Kier molecular flexibility index (Phi) is 5.45. The van der Waals surface area contributed by atoms with Crippen molar-refractivity contribution in [2.24, 2.45) is 0 Å². The highest BCUT2D eigenvalue weighted by Crippen LogP contribution is 2.38. The fourth-order valence-corrected chi connectivity index (χ4v) is 4.04. The van der Waals surface area contributed by atoms with Crippen LogP contribution in [0.4, 0.5) is 11.4 Å². The third kappa shape index (κ3) is 3.85. The lowest BCUT2D eigenvalue weighted by molar-refractivity contribution is -0.120. The first kappa shape index (κ1) is 21.6. The van der Waals surface area contributed by atoms with Crippen LogP contribution >= 0.6 is 0 Å². The lowest BCUT2D eigenvalue weighted by Crippen LogP contribution is -2.33. The molecule has 0 spiro atoms. The SMILES string of the molecule is Cc1ccccc1N1C(=O)C(Nc2ccc3c(c2)OCO3)=C(c2ccc(OC(C)C)cc2)C1=O. The van der Waals surface area contributed by atoms with Gasteiger partial charge in [-0.15, -0.1) is 0 Å². The first-order valence-corrected chi connectivity index (χ1v) is 11.0. The number of imide groups is 1. The Hall–Kier alpha value is -4.26. The average Bonchev–Trinajstić information content (AvgIpc) is 3.37. The standard InChI is InChI=1S/C27H24N2O5/c1-16(2)34-20-11-8-18(9-12-20)24-25(28-19-10-13-22-23(14-19)33-15-32-22)27(31)29(26(24)30)21-7-5-4-6-17(21)3/h4-14,16,28H,15H2,1-3H3. The summed E-state index contributed by atoms with van der Waals surface area (Å²) in [6, 6.07) is 19.8. The van der Waals surface area contributed by atoms with Crippen LogP contribution in [0.25, 0.3) is 5.57 Å². The number of para-hydroxylation sites is 1. The lowest BCUT2D eigenvalue weighted by Gasteiger charge is -2.17. The first-order valence-electron chi connectivity index (χ1n) is 11.0. The van der Waals surface area contributed by atoms with Gasteiger partial charge in [0.2, 0.25) is 6.79 Å². The van der Waals surface area contributed by atoms with E-state index in [2.05, 4.69) is 5.32 Å². The molecule has 2 amide bonds. The number of hydrogen-bond donors (Lipinski definition) is 1. The van der Waals surface area contributed by atoms with Crippen LogP contribution in [0, 0.1) is 6.92 Å². The van der Waals surface area contributed by atoms with Crippen LogP contribution in [-0.2, 0) is 9.59 Å². The number of fused-ring (bicyclic) bond motifs is 1. The van der Waals surface area contributed by atoms with Crippen molar-refractivity contribution in [2.45, 2.75) is 26.9 Å². The average molecular weight is 456 g/mol. The fourth-order valence-electron chi connectivity index (χ4n) is 4.04. The molecule has 0 aromatic heterocycles. The van der Waals surface area contributed by atoms with Gasteiger partial charge >= 0.3 is 0 Å². The van der Waals surface area contributed by atoms with Crippen molar-refractivity contribution in [1.82, 2.24) is 0 Å². The largest absolute Gasteiger partial charge is 0.491 e. The van der Waals surface area contributed by atoms with Crippen LogP contribution in [0.3, 0.4) is 0 Å². The Morgan fingerprint density at radius 2 is 1.65 bits per heavy atom. The molecule has 0 fully saturated rings. The summed E-state index contributed by atoms with van der Waals surface area (Å²) in [5.41, 5.74) is 3.11. The minimum absolute atomic E-state index is 0.0274. The van der Waals surface area contributed by atoms with Crippen LogP contribution in [0.2, 0.25) is 0 Å². The van der Waals surface area contributed by atoms with Gasteiger partial charge in [-0.1, -0.05) is 30.3 Å². The number of benzene rings is 3. The predicted octanol–water partition coefficient (Wildman–Crippen LogP) is 4.91. The van der Waals surface area contributed by atoms with Crippen molar-refractivity contribution < 1.29 is 23.8 Å². The molecule has 0 aliphatic carbocycles. The van der Waals surface area contributed by atoms with E-state index in [0.717, 1.165) is 5.56 Å². The van der Waals surface area contributed by atoms with Crippen molar-refractivity contribution in [1.29, 1.82) is 0 Å². The maximum Gasteiger partial charge on any atom is 0.282 e. The maximum atomic E-state index is 13.7. The molecule has 3 aromatic rings. The number of carbonyl (C=O) groups is 2. The predicted molar refractivity (Wildman–Crippen MR) is 129 cm³/mol. The van der Waals surface area contributed by atoms with Crippen LogP contribution < -0.4 is 24.4 Å². The minimum atomic E-state index is -0.422. The number of aryl methyl sites for hydroxylation is 1. The van der Waals surface area contributed by atoms with Crippen LogP contribution in [0.5, 0.6) is 17.2 Å². The molecule has 0 saturated carbocycles. The number of nitrogens with one attached hydrogen (secondary N) is 1. The quantitative estimate of drug-likeness (QED) is 0.532. The summed E-state index contributed by atoms with van der Waals surface area (Å²) in [6.07, 6.45) is 0.0274. The van der Waals surface area contributed by atoms with Gasteiger partial charge in [-0.3, -0.25) is 9.59 Å². The van der Waals surface area contributed by atoms with Crippen LogP contribution in [0.15, 0.2) is 72.4 Å². The molecule has 3 aromatic carbocycles. The van der Waals surface area contributed by atoms with E-state index in [0.29, 0.717) is 39.8 Å². The molecule has 0 unspecified atom stereocenters. The van der Waals surface area contributed by atoms with Gasteiger partial charge in [-0.2, -0.15) is 0 Å². The van der Waals surface area contributed by atoms with Crippen molar-refractivity contribution in [3.63, 3.8) is 0 Å². The Balaban J connectivity index is 1.57. The molecule has 1 N–H and O–H groups in total. The smallest absolute Gasteiger partial charge is 0.282 e. The summed E-state index contributed by atoms with van der Waals surface area (Å²) in [5, 5.41) is 3.17. The summed E-state index contributed by atoms with van der Waals surface area (Å²) >= 11 is 0. The Morgan fingerprint density at radius 1 is 0.912 bits per heavy atom. The van der Waals surface area contributed by atoms with Crippen molar-refractivity contribution >= 4 is 28.8 Å². The van der Waals surface area contributed by atoms with Crippen molar-refractivity contribution in [3.8, 4) is 17.2 Å². The van der Waals surface area contributed by atoms with E-state index in [-0.39, 0.29) is 24.5 Å². The third-order valence-corrected chi connectivity index (χ3v) is 5.60. The van der Waals surface area contributed by atoms with Crippen molar-refractivity contribution in [2.75, 3.05) is 17.0 Å². The summed E-state index contributed by atoms with van der Waals surface area (Å²) < 4.78 is 16.6. The Bertz CT molecular complexity index is 1310. The molecule has 7 nitrogen and oxygen atoms in total. The number of rotatable bonds is 6. The lowest BCUT2D eigenvalue weighted by atomic mass is 10.0. The maximum absolute atomic E-state index is 13.7. The summed E-state index contributed by atoms with van der Waals surface area (Å²) in [5.74, 6) is 1.09. The molecule has 0 atom stereocenters. The highest BCUT2D eigenvalue weighted by Gasteiger charge is 2.40. The molecule has 0 saturated heterocycles. The number of amides is 2. The Labute approximate surface area is 197 Å². The minimum Gasteiger partial charge on any atom is -0.491 e. The van der Waals surface area contributed by atoms with Gasteiger partial charge in [0.15, 0.2) is 11.5 Å². The monoisotopic (exact) mass is 456 g/mol. The second kappa shape index (κ2) is 8.59. The van der Waals surface area contributed by atoms with Gasteiger partial charge in [0.05, 0.1) is 17.4 Å². The van der Waals surface area contributed by atoms with E-state index in [1.54, 1.807) is 48.5 Å². The zero-order valence-electron chi connectivity index (χ0n) is 19.1. The molecule has 172 valence electrons. The van der Waals surface area contributed by atoms with Gasteiger partial charge in [-0.25, -0.2) is 4.90 Å². The van der Waals surface area contributed by atoms with Gasteiger partial charge in [-0.05, 0) is 62.2 Å². The van der Waals surface area contributed by atoms with Gasteiger partial charge in [0.1, 0.15) is 11.4 Å². The second-order valence-corrected chi connectivity index (χ2v) is 8.37. The molecule has 34 heavy (non-hydrogen) atoms. The Morgan fingerprint density at radius 3 is 2.38 bits per heavy atom. The van der Waals surface area contributed by atoms with E-state index in [9.17, 15) is 9.59 Å². The molecule has 7 heteroatoms. The molecule has 2 heterocycles. The van der Waals surface area contributed by atoms with E-state index < -0.39 is 5.91 Å².